The van der Waals surface area contributed by atoms with E-state index < -0.39 is 17.9 Å². The highest BCUT2D eigenvalue weighted by atomic mass is 16.4. The zero-order valence-corrected chi connectivity index (χ0v) is 17.8. The van der Waals surface area contributed by atoms with Gasteiger partial charge in [0.2, 0.25) is 5.91 Å². The zero-order valence-electron chi connectivity index (χ0n) is 17.8. The van der Waals surface area contributed by atoms with Crippen molar-refractivity contribution in [2.75, 3.05) is 5.01 Å². The Morgan fingerprint density at radius 3 is 2.45 bits per heavy atom. The van der Waals surface area contributed by atoms with Crippen molar-refractivity contribution in [3.63, 3.8) is 0 Å². The number of rotatable bonds is 6. The number of nitrogens with zero attached hydrogens (tertiary/aromatic N) is 2. The van der Waals surface area contributed by atoms with Crippen LogP contribution in [0.15, 0.2) is 53.7 Å². The van der Waals surface area contributed by atoms with Crippen LogP contribution in [0.25, 0.3) is 11.1 Å². The number of fused-ring (bicyclic) bond motifs is 3. The molecule has 1 heterocycles. The second-order valence-corrected chi connectivity index (χ2v) is 7.60. The van der Waals surface area contributed by atoms with Gasteiger partial charge in [0.15, 0.2) is 0 Å². The topological polar surface area (TPSA) is 111 Å². The van der Waals surface area contributed by atoms with Crippen LogP contribution in [0.5, 0.6) is 0 Å². The molecular weight excluding hydrogens is 396 g/mol. The van der Waals surface area contributed by atoms with Crippen molar-refractivity contribution in [2.24, 2.45) is 5.16 Å². The molecule has 2 atom stereocenters. The summed E-state index contributed by atoms with van der Waals surface area (Å²) in [5.74, 6) is -1.59. The van der Waals surface area contributed by atoms with E-state index in [9.17, 15) is 14.4 Å². The molecule has 0 aromatic heterocycles. The van der Waals surface area contributed by atoms with E-state index in [2.05, 4.69) is 15.9 Å². The summed E-state index contributed by atoms with van der Waals surface area (Å²) in [6, 6.07) is 14.2. The summed E-state index contributed by atoms with van der Waals surface area (Å²) < 4.78 is 0. The van der Waals surface area contributed by atoms with E-state index in [1.54, 1.807) is 26.0 Å². The van der Waals surface area contributed by atoms with Crippen LogP contribution < -0.4 is 15.8 Å². The maximum atomic E-state index is 13.2. The number of amides is 3. The first-order chi connectivity index (χ1) is 14.8. The first-order valence-electron chi connectivity index (χ1n) is 10.1. The third-order valence-corrected chi connectivity index (χ3v) is 5.33. The largest absolute Gasteiger partial charge is 0.411 e. The van der Waals surface area contributed by atoms with Crippen molar-refractivity contribution < 1.29 is 19.6 Å². The molecule has 31 heavy (non-hydrogen) atoms. The smallest absolute Gasteiger partial charge is 0.261 e. The minimum absolute atomic E-state index is 0.0886. The first-order valence-corrected chi connectivity index (χ1v) is 10.1. The fourth-order valence-electron chi connectivity index (χ4n) is 3.51. The van der Waals surface area contributed by atoms with Gasteiger partial charge in [-0.25, -0.2) is 5.01 Å². The van der Waals surface area contributed by atoms with E-state index in [4.69, 9.17) is 5.21 Å². The summed E-state index contributed by atoms with van der Waals surface area (Å²) in [6.07, 6.45) is 0.371. The molecule has 2 aromatic carbocycles. The third kappa shape index (κ3) is 4.74. The minimum atomic E-state index is -0.861. The summed E-state index contributed by atoms with van der Waals surface area (Å²) >= 11 is 0. The summed E-state index contributed by atoms with van der Waals surface area (Å²) in [4.78, 5) is 38.1. The highest BCUT2D eigenvalue weighted by Crippen LogP contribution is 2.39. The first kappa shape index (κ1) is 22.0. The molecule has 3 rings (SSSR count). The van der Waals surface area contributed by atoms with E-state index in [0.29, 0.717) is 11.4 Å². The highest BCUT2D eigenvalue weighted by molar-refractivity contribution is 6.06. The number of oxime groups is 1. The molecule has 0 aliphatic carbocycles. The normalized spacial score (nSPS) is 16.6. The Balaban J connectivity index is 1.80. The molecule has 0 fully saturated rings. The fraction of sp³-hybridized carbons (Fsp3) is 0.304. The van der Waals surface area contributed by atoms with Gasteiger partial charge in [-0.3, -0.25) is 19.8 Å². The van der Waals surface area contributed by atoms with Crippen LogP contribution in [0.3, 0.4) is 0 Å². The summed E-state index contributed by atoms with van der Waals surface area (Å²) in [7, 11) is 0. The third-order valence-electron chi connectivity index (χ3n) is 5.33. The molecule has 3 amide bonds. The monoisotopic (exact) mass is 422 g/mol. The van der Waals surface area contributed by atoms with Gasteiger partial charge >= 0.3 is 0 Å². The predicted molar refractivity (Wildman–Crippen MR) is 118 cm³/mol. The number of hydrogen-bond acceptors (Lipinski definition) is 5. The van der Waals surface area contributed by atoms with Crippen LogP contribution in [-0.2, 0) is 14.4 Å². The van der Waals surface area contributed by atoms with Crippen LogP contribution in [0, 0.1) is 0 Å². The molecule has 2 aromatic rings. The number of carbonyl (C=O) groups is 3. The predicted octanol–water partition coefficient (Wildman–Crippen LogP) is 2.97. The maximum Gasteiger partial charge on any atom is 0.261 e. The van der Waals surface area contributed by atoms with Crippen molar-refractivity contribution in [3.05, 3.63) is 54.1 Å². The summed E-state index contributed by atoms with van der Waals surface area (Å²) in [6.45, 7) is 4.96. The van der Waals surface area contributed by atoms with Gasteiger partial charge in [-0.1, -0.05) is 47.6 Å². The molecule has 162 valence electrons. The zero-order chi connectivity index (χ0) is 22.5. The number of carbonyl (C=O) groups excluding carboxylic acids is 3. The van der Waals surface area contributed by atoms with Crippen LogP contribution >= 0.6 is 0 Å². The molecule has 1 aliphatic heterocycles. The molecule has 0 bridgehead atoms. The number of benzene rings is 2. The van der Waals surface area contributed by atoms with Crippen molar-refractivity contribution in [1.29, 1.82) is 0 Å². The van der Waals surface area contributed by atoms with E-state index in [1.807, 2.05) is 43.3 Å². The Labute approximate surface area is 180 Å². The van der Waals surface area contributed by atoms with Gasteiger partial charge in [0.1, 0.15) is 6.04 Å². The Bertz CT molecular complexity index is 1030. The Morgan fingerprint density at radius 1 is 1.10 bits per heavy atom. The second-order valence-electron chi connectivity index (χ2n) is 7.60. The number of anilines is 1. The SMILES string of the molecule is CC(CCC(=O)N[C@@H](C)C(=O)NN1C(=O)C(C)c2ccccc2-c2ccccc21)=NO. The van der Waals surface area contributed by atoms with Gasteiger partial charge in [0, 0.05) is 12.0 Å². The Kier molecular flexibility index (Phi) is 6.69. The van der Waals surface area contributed by atoms with E-state index in [1.165, 1.54) is 5.01 Å². The van der Waals surface area contributed by atoms with Gasteiger partial charge in [-0.15, -0.1) is 0 Å². The number of nitrogens with one attached hydrogen (secondary N) is 2. The lowest BCUT2D eigenvalue weighted by Crippen LogP contribution is -2.54. The quantitative estimate of drug-likeness (QED) is 0.377. The van der Waals surface area contributed by atoms with Gasteiger partial charge < -0.3 is 10.5 Å². The number of para-hydroxylation sites is 1. The Morgan fingerprint density at radius 2 is 1.74 bits per heavy atom. The highest BCUT2D eigenvalue weighted by Gasteiger charge is 2.33. The van der Waals surface area contributed by atoms with E-state index >= 15 is 0 Å². The number of hydrogen-bond donors (Lipinski definition) is 3. The molecule has 8 nitrogen and oxygen atoms in total. The second kappa shape index (κ2) is 9.42. The lowest BCUT2D eigenvalue weighted by molar-refractivity contribution is -0.130. The maximum absolute atomic E-state index is 13.2. The van der Waals surface area contributed by atoms with Crippen molar-refractivity contribution in [3.8, 4) is 11.1 Å². The summed E-state index contributed by atoms with van der Waals surface area (Å²) in [5, 5.41) is 15.6. The Hall–Kier alpha value is -3.68. The van der Waals surface area contributed by atoms with Gasteiger partial charge in [0.25, 0.3) is 11.8 Å². The van der Waals surface area contributed by atoms with Crippen molar-refractivity contribution >= 4 is 29.1 Å². The molecule has 0 radical (unpaired) electrons. The minimum Gasteiger partial charge on any atom is -0.411 e. The van der Waals surface area contributed by atoms with Crippen LogP contribution in [-0.4, -0.2) is 34.7 Å². The standard InChI is InChI=1S/C23H26N4O4/c1-14(26-31)12-13-21(28)24-16(3)22(29)25-27-20-11-7-6-10-19(20)18-9-5-4-8-17(18)15(2)23(27)30/h4-11,15-16,31H,12-13H2,1-3H3,(H,24,28)(H,25,29)/t15?,16-/m0/s1. The lowest BCUT2D eigenvalue weighted by atomic mass is 9.92. The molecule has 8 heteroatoms. The lowest BCUT2D eigenvalue weighted by Gasteiger charge is -2.27. The molecule has 1 unspecified atom stereocenters. The van der Waals surface area contributed by atoms with Crippen molar-refractivity contribution in [2.45, 2.75) is 45.6 Å². The fourth-order valence-corrected chi connectivity index (χ4v) is 3.51. The van der Waals surface area contributed by atoms with Crippen molar-refractivity contribution in [1.82, 2.24) is 10.7 Å². The molecular formula is C23H26N4O4. The van der Waals surface area contributed by atoms with Crippen LogP contribution in [0.2, 0.25) is 0 Å². The van der Waals surface area contributed by atoms with E-state index in [0.717, 1.165) is 16.7 Å². The van der Waals surface area contributed by atoms with Crippen LogP contribution in [0.4, 0.5) is 5.69 Å². The van der Waals surface area contributed by atoms with Gasteiger partial charge in [-0.2, -0.15) is 0 Å². The molecule has 0 saturated heterocycles. The molecule has 0 spiro atoms. The molecule has 1 aliphatic rings. The average molecular weight is 422 g/mol. The summed E-state index contributed by atoms with van der Waals surface area (Å²) in [5.41, 5.74) is 6.35. The van der Waals surface area contributed by atoms with Gasteiger partial charge in [0.05, 0.1) is 17.3 Å². The van der Waals surface area contributed by atoms with E-state index in [-0.39, 0.29) is 24.7 Å². The number of hydrazine groups is 1. The molecule has 0 saturated carbocycles. The van der Waals surface area contributed by atoms with Crippen LogP contribution in [0.1, 0.15) is 45.1 Å². The van der Waals surface area contributed by atoms with Gasteiger partial charge in [-0.05, 0) is 44.4 Å². The molecule has 3 N–H and O–H groups in total. The average Bonchev–Trinajstić information content (AvgIpc) is 2.87.